The number of amidine groups is 1. The molecule has 7 heteroatoms. The van der Waals surface area contributed by atoms with Crippen LogP contribution in [-0.4, -0.2) is 14.3 Å². The molecule has 0 unspecified atom stereocenters. The molecule has 0 aliphatic rings. The van der Waals surface area contributed by atoms with E-state index in [0.29, 0.717) is 22.4 Å². The lowest BCUT2D eigenvalue weighted by atomic mass is 10.1. The molecule has 0 heterocycles. The van der Waals surface area contributed by atoms with Crippen LogP contribution in [-0.2, 0) is 10.0 Å². The first-order valence-electron chi connectivity index (χ1n) is 8.49. The van der Waals surface area contributed by atoms with Crippen molar-refractivity contribution in [1.82, 2.24) is 0 Å². The van der Waals surface area contributed by atoms with Crippen molar-refractivity contribution in [2.45, 2.75) is 18.7 Å². The van der Waals surface area contributed by atoms with Crippen LogP contribution in [0.1, 0.15) is 16.7 Å². The molecule has 0 aliphatic heterocycles. The minimum Gasteiger partial charge on any atom is -0.871 e. The zero-order chi connectivity index (χ0) is 20.3. The molecular formula is C21H18ClN2O3S-. The first-order valence-corrected chi connectivity index (χ1v) is 10.3. The van der Waals surface area contributed by atoms with Crippen molar-refractivity contribution in [3.8, 4) is 5.75 Å². The van der Waals surface area contributed by atoms with Gasteiger partial charge in [0.1, 0.15) is 0 Å². The van der Waals surface area contributed by atoms with Crippen LogP contribution in [0.2, 0.25) is 5.02 Å². The van der Waals surface area contributed by atoms with Gasteiger partial charge < -0.3 is 10.4 Å². The molecule has 0 saturated heterocycles. The molecule has 1 N–H and O–H groups in total. The highest BCUT2D eigenvalue weighted by atomic mass is 35.5. The zero-order valence-electron chi connectivity index (χ0n) is 15.3. The van der Waals surface area contributed by atoms with E-state index in [9.17, 15) is 13.5 Å². The van der Waals surface area contributed by atoms with Crippen molar-refractivity contribution < 1.29 is 13.5 Å². The van der Waals surface area contributed by atoms with Gasteiger partial charge in [0.2, 0.25) is 0 Å². The van der Waals surface area contributed by atoms with Crippen LogP contribution >= 0.6 is 11.6 Å². The van der Waals surface area contributed by atoms with Gasteiger partial charge in [0, 0.05) is 16.3 Å². The molecule has 0 saturated carbocycles. The number of benzene rings is 3. The third-order valence-corrected chi connectivity index (χ3v) is 5.97. The zero-order valence-corrected chi connectivity index (χ0v) is 16.9. The number of nitrogens with zero attached hydrogens (tertiary/aromatic N) is 1. The highest BCUT2D eigenvalue weighted by Crippen LogP contribution is 2.33. The highest BCUT2D eigenvalue weighted by Gasteiger charge is 2.17. The molecule has 0 aromatic heterocycles. The van der Waals surface area contributed by atoms with Gasteiger partial charge in [-0.15, -0.1) is 4.40 Å². The third-order valence-electron chi connectivity index (χ3n) is 4.21. The lowest BCUT2D eigenvalue weighted by Gasteiger charge is -2.20. The molecule has 0 amide bonds. The number of hydrogen-bond donors (Lipinski definition) is 1. The number of halogens is 1. The van der Waals surface area contributed by atoms with Crippen LogP contribution in [0.3, 0.4) is 0 Å². The number of aryl methyl sites for hydroxylation is 1. The summed E-state index contributed by atoms with van der Waals surface area (Å²) in [6, 6.07) is 18.3. The van der Waals surface area contributed by atoms with E-state index in [4.69, 9.17) is 11.6 Å². The van der Waals surface area contributed by atoms with E-state index in [-0.39, 0.29) is 21.5 Å². The Bertz CT molecular complexity index is 1130. The molecule has 28 heavy (non-hydrogen) atoms. The molecule has 0 atom stereocenters. The van der Waals surface area contributed by atoms with Crippen LogP contribution in [0, 0.1) is 13.8 Å². The van der Waals surface area contributed by atoms with Crippen LogP contribution in [0.4, 0.5) is 5.69 Å². The summed E-state index contributed by atoms with van der Waals surface area (Å²) in [6.45, 7) is 3.45. The summed E-state index contributed by atoms with van der Waals surface area (Å²) in [5.74, 6) is -0.136. The smallest absolute Gasteiger partial charge is 0.284 e. The minimum absolute atomic E-state index is 0.0893. The topological polar surface area (TPSA) is 81.6 Å². The maximum absolute atomic E-state index is 12.8. The standard InChI is InChI=1S/C21H19ClN2O3S/c1-14-13-18(25)19(22)15(2)20(14)23-21(16-9-5-3-6-10-16)24-28(26,27)17-11-7-4-8-12-17/h3-13,25H,1-2H3,(H,23,24)/p-1. The van der Waals surface area contributed by atoms with E-state index in [1.807, 2.05) is 6.07 Å². The number of sulfonamides is 1. The average Bonchev–Trinajstić information content (AvgIpc) is 2.70. The van der Waals surface area contributed by atoms with E-state index < -0.39 is 10.0 Å². The van der Waals surface area contributed by atoms with Gasteiger partial charge in [0.05, 0.1) is 4.90 Å². The quantitative estimate of drug-likeness (QED) is 0.511. The van der Waals surface area contributed by atoms with Gasteiger partial charge >= 0.3 is 0 Å². The van der Waals surface area contributed by atoms with E-state index in [0.717, 1.165) is 0 Å². The van der Waals surface area contributed by atoms with Crippen LogP contribution < -0.4 is 10.4 Å². The van der Waals surface area contributed by atoms with Gasteiger partial charge in [0.25, 0.3) is 10.0 Å². The summed E-state index contributed by atoms with van der Waals surface area (Å²) in [6.07, 6.45) is 0. The summed E-state index contributed by atoms with van der Waals surface area (Å²) >= 11 is 6.10. The van der Waals surface area contributed by atoms with Gasteiger partial charge in [0.15, 0.2) is 5.84 Å². The second-order valence-electron chi connectivity index (χ2n) is 6.22. The third kappa shape index (κ3) is 4.18. The van der Waals surface area contributed by atoms with E-state index in [1.54, 1.807) is 56.3 Å². The van der Waals surface area contributed by atoms with Crippen molar-refractivity contribution in [3.05, 3.63) is 88.4 Å². The predicted octanol–water partition coefficient (Wildman–Crippen LogP) is 4.28. The number of nitrogens with one attached hydrogen (secondary N) is 1. The second-order valence-corrected chi connectivity index (χ2v) is 8.21. The summed E-state index contributed by atoms with van der Waals surface area (Å²) in [4.78, 5) is 0.0895. The Hall–Kier alpha value is -2.83. The first-order chi connectivity index (χ1) is 13.3. The van der Waals surface area contributed by atoms with E-state index in [1.165, 1.54) is 18.2 Å². The molecule has 3 aromatic rings. The highest BCUT2D eigenvalue weighted by molar-refractivity contribution is 7.90. The van der Waals surface area contributed by atoms with Gasteiger partial charge in [-0.1, -0.05) is 71.9 Å². The largest absolute Gasteiger partial charge is 0.871 e. The summed E-state index contributed by atoms with van der Waals surface area (Å²) in [5.41, 5.74) is 2.32. The molecular weight excluding hydrogens is 396 g/mol. The monoisotopic (exact) mass is 413 g/mol. The summed E-state index contributed by atoms with van der Waals surface area (Å²) in [5, 5.41) is 15.1. The van der Waals surface area contributed by atoms with Gasteiger partial charge in [-0.25, -0.2) is 0 Å². The maximum atomic E-state index is 12.8. The maximum Gasteiger partial charge on any atom is 0.284 e. The summed E-state index contributed by atoms with van der Waals surface area (Å²) < 4.78 is 29.6. The molecule has 0 fully saturated rings. The minimum atomic E-state index is -3.94. The van der Waals surface area contributed by atoms with Gasteiger partial charge in [-0.05, 0) is 37.1 Å². The average molecular weight is 414 g/mol. The Labute approximate surface area is 169 Å². The van der Waals surface area contributed by atoms with Crippen LogP contribution in [0.25, 0.3) is 0 Å². The molecule has 3 rings (SSSR count). The van der Waals surface area contributed by atoms with Crippen molar-refractivity contribution >= 4 is 33.1 Å². The lowest BCUT2D eigenvalue weighted by Crippen LogP contribution is -2.18. The Kier molecular flexibility index (Phi) is 5.72. The Morgan fingerprint density at radius 1 is 1.00 bits per heavy atom. The molecule has 3 aromatic carbocycles. The number of hydrogen-bond acceptors (Lipinski definition) is 3. The van der Waals surface area contributed by atoms with Gasteiger partial charge in [-0.2, -0.15) is 8.42 Å². The van der Waals surface area contributed by atoms with Crippen molar-refractivity contribution in [2.75, 3.05) is 5.32 Å². The fraction of sp³-hybridized carbons (Fsp3) is 0.0952. The molecule has 5 nitrogen and oxygen atoms in total. The molecule has 144 valence electrons. The number of rotatable bonds is 4. The van der Waals surface area contributed by atoms with Gasteiger partial charge in [-0.3, -0.25) is 0 Å². The van der Waals surface area contributed by atoms with Crippen LogP contribution in [0.5, 0.6) is 5.75 Å². The molecule has 0 aliphatic carbocycles. The normalized spacial score (nSPS) is 12.0. The van der Waals surface area contributed by atoms with Crippen LogP contribution in [0.15, 0.2) is 76.0 Å². The Morgan fingerprint density at radius 2 is 1.57 bits per heavy atom. The van der Waals surface area contributed by atoms with Crippen molar-refractivity contribution in [1.29, 1.82) is 0 Å². The lowest BCUT2D eigenvalue weighted by molar-refractivity contribution is -0.268. The fourth-order valence-corrected chi connectivity index (χ4v) is 3.89. The SMILES string of the molecule is Cc1cc([O-])c(Cl)c(C)c1NC(=NS(=O)(=O)c1ccccc1)c1ccccc1. The summed E-state index contributed by atoms with van der Waals surface area (Å²) in [7, 11) is -3.94. The number of anilines is 1. The van der Waals surface area contributed by atoms with Crippen molar-refractivity contribution in [3.63, 3.8) is 0 Å². The second kappa shape index (κ2) is 8.04. The van der Waals surface area contributed by atoms with E-state index in [2.05, 4.69) is 9.71 Å². The van der Waals surface area contributed by atoms with E-state index >= 15 is 0 Å². The molecule has 0 spiro atoms. The molecule has 0 radical (unpaired) electrons. The van der Waals surface area contributed by atoms with Crippen molar-refractivity contribution in [2.24, 2.45) is 4.40 Å². The Balaban J connectivity index is 2.14. The molecule has 0 bridgehead atoms. The Morgan fingerprint density at radius 3 is 2.18 bits per heavy atom. The fourth-order valence-electron chi connectivity index (χ4n) is 2.74. The first kappa shape index (κ1) is 19.9. The predicted molar refractivity (Wildman–Crippen MR) is 111 cm³/mol.